The summed E-state index contributed by atoms with van der Waals surface area (Å²) in [5.41, 5.74) is 0.402. The molecule has 4 atom stereocenters. The molecule has 0 fully saturated rings. The van der Waals surface area contributed by atoms with Gasteiger partial charge in [0.25, 0.3) is 0 Å². The van der Waals surface area contributed by atoms with Crippen LogP contribution in [0.2, 0.25) is 5.02 Å². The highest BCUT2D eigenvalue weighted by molar-refractivity contribution is 6.31. The van der Waals surface area contributed by atoms with E-state index in [-0.39, 0.29) is 22.9 Å². The third-order valence-corrected chi connectivity index (χ3v) is 4.72. The van der Waals surface area contributed by atoms with Crippen LogP contribution in [-0.4, -0.2) is 41.4 Å². The molecule has 4 unspecified atom stereocenters. The second-order valence-electron chi connectivity index (χ2n) is 5.72. The van der Waals surface area contributed by atoms with E-state index in [9.17, 15) is 19.1 Å². The molecule has 2 aliphatic heterocycles. The van der Waals surface area contributed by atoms with E-state index in [1.165, 1.54) is 24.4 Å². The number of nitrogens with zero attached hydrogens (tertiary/aromatic N) is 2. The molecule has 5 nitrogen and oxygen atoms in total. The van der Waals surface area contributed by atoms with Crippen molar-refractivity contribution in [1.82, 2.24) is 0 Å². The molecular formula is C16H14ClFN2O3. The van der Waals surface area contributed by atoms with Crippen LogP contribution in [0.25, 0.3) is 0 Å². The van der Waals surface area contributed by atoms with Crippen molar-refractivity contribution in [1.29, 1.82) is 0 Å². The fraction of sp³-hybridized carbons (Fsp3) is 0.375. The first-order valence-electron chi connectivity index (χ1n) is 7.15. The Bertz CT molecular complexity index is 727. The van der Waals surface area contributed by atoms with Crippen LogP contribution < -0.4 is 0 Å². The lowest BCUT2D eigenvalue weighted by molar-refractivity contribution is -0.141. The molecule has 0 saturated heterocycles. The highest BCUT2D eigenvalue weighted by atomic mass is 35.5. The molecule has 2 heterocycles. The summed E-state index contributed by atoms with van der Waals surface area (Å²) in [6, 6.07) is 3.59. The van der Waals surface area contributed by atoms with Gasteiger partial charge in [-0.05, 0) is 19.1 Å². The minimum atomic E-state index is -1.15. The molecular weight excluding hydrogens is 323 g/mol. The zero-order valence-electron chi connectivity index (χ0n) is 12.2. The number of carboxylic acids is 1. The quantitative estimate of drug-likeness (QED) is 0.900. The lowest BCUT2D eigenvalue weighted by atomic mass is 9.67. The van der Waals surface area contributed by atoms with Crippen molar-refractivity contribution < 1.29 is 19.1 Å². The highest BCUT2D eigenvalue weighted by Gasteiger charge is 2.49. The van der Waals surface area contributed by atoms with Crippen LogP contribution in [-0.2, 0) is 9.59 Å². The van der Waals surface area contributed by atoms with Crippen molar-refractivity contribution in [2.45, 2.75) is 18.9 Å². The number of aliphatic imine (C=N–C) groups is 2. The predicted octanol–water partition coefficient (Wildman–Crippen LogP) is 2.38. The molecule has 1 aromatic carbocycles. The van der Waals surface area contributed by atoms with E-state index in [1.54, 1.807) is 6.92 Å². The summed E-state index contributed by atoms with van der Waals surface area (Å²) in [5, 5.41) is 9.72. The van der Waals surface area contributed by atoms with Gasteiger partial charge in [-0.25, -0.2) is 4.39 Å². The molecule has 1 N–H and O–H groups in total. The average molecular weight is 337 g/mol. The third-order valence-electron chi connectivity index (χ3n) is 4.39. The lowest BCUT2D eigenvalue weighted by Gasteiger charge is -2.39. The fourth-order valence-corrected chi connectivity index (χ4v) is 3.74. The van der Waals surface area contributed by atoms with Gasteiger partial charge in [-0.2, -0.15) is 0 Å². The number of hydrogen-bond acceptors (Lipinski definition) is 4. The number of carboxylic acid groups (broad SMARTS) is 1. The van der Waals surface area contributed by atoms with E-state index in [1.807, 2.05) is 0 Å². The molecule has 23 heavy (non-hydrogen) atoms. The first-order chi connectivity index (χ1) is 10.9. The van der Waals surface area contributed by atoms with Crippen LogP contribution in [0, 0.1) is 17.7 Å². The Morgan fingerprint density at radius 3 is 2.78 bits per heavy atom. The molecule has 0 amide bonds. The van der Waals surface area contributed by atoms with Crippen molar-refractivity contribution in [2.75, 3.05) is 6.54 Å². The fourth-order valence-electron chi connectivity index (χ4n) is 3.46. The molecule has 0 aliphatic carbocycles. The minimum absolute atomic E-state index is 0.0509. The number of aliphatic carboxylic acids is 1. The summed E-state index contributed by atoms with van der Waals surface area (Å²) in [7, 11) is 0. The first-order valence-corrected chi connectivity index (χ1v) is 7.53. The summed E-state index contributed by atoms with van der Waals surface area (Å²) >= 11 is 6.14. The highest BCUT2D eigenvalue weighted by Crippen LogP contribution is 2.44. The van der Waals surface area contributed by atoms with Crippen molar-refractivity contribution in [3.63, 3.8) is 0 Å². The Morgan fingerprint density at radius 2 is 2.13 bits per heavy atom. The number of Topliss-reactive ketones (excluding diaryl/α,β-unsaturated/α-hetero) is 1. The molecule has 7 heteroatoms. The Balaban J connectivity index is 2.24. The molecule has 120 valence electrons. The second kappa shape index (κ2) is 5.85. The van der Waals surface area contributed by atoms with E-state index in [4.69, 9.17) is 11.6 Å². The molecule has 0 aromatic heterocycles. The summed E-state index contributed by atoms with van der Waals surface area (Å²) in [6.45, 7) is 1.52. The molecule has 0 bridgehead atoms. The van der Waals surface area contributed by atoms with Gasteiger partial charge in [0.1, 0.15) is 11.7 Å². The van der Waals surface area contributed by atoms with Gasteiger partial charge in [-0.15, -0.1) is 0 Å². The second-order valence-corrected chi connectivity index (χ2v) is 6.13. The first kappa shape index (κ1) is 15.8. The topological polar surface area (TPSA) is 79.1 Å². The molecule has 0 spiro atoms. The van der Waals surface area contributed by atoms with E-state index in [0.29, 0.717) is 5.71 Å². The number of carbonyl (C=O) groups is 2. The van der Waals surface area contributed by atoms with E-state index in [0.717, 1.165) is 0 Å². The van der Waals surface area contributed by atoms with Crippen molar-refractivity contribution in [2.24, 2.45) is 21.8 Å². The van der Waals surface area contributed by atoms with Gasteiger partial charge in [-0.1, -0.05) is 17.7 Å². The smallest absolute Gasteiger partial charge is 0.312 e. The molecule has 1 aromatic rings. The van der Waals surface area contributed by atoms with Crippen LogP contribution in [0.5, 0.6) is 0 Å². The number of hydrogen-bond donors (Lipinski definition) is 1. The average Bonchev–Trinajstić information content (AvgIpc) is 2.46. The Hall–Kier alpha value is -2.08. The van der Waals surface area contributed by atoms with E-state index in [2.05, 4.69) is 9.98 Å². The summed E-state index contributed by atoms with van der Waals surface area (Å²) in [6.07, 6.45) is 1.54. The van der Waals surface area contributed by atoms with Crippen LogP contribution in [0.15, 0.2) is 28.2 Å². The predicted molar refractivity (Wildman–Crippen MR) is 84.0 cm³/mol. The Kier molecular flexibility index (Phi) is 4.02. The number of carbonyl (C=O) groups excluding carboxylic acids is 1. The normalized spacial score (nSPS) is 29.9. The SMILES string of the molecule is CC1=NC2C=NCC(=O)C2C(c2c(F)cccc2Cl)C1C(=O)O. The van der Waals surface area contributed by atoms with Gasteiger partial charge in [0.05, 0.1) is 18.5 Å². The van der Waals surface area contributed by atoms with Gasteiger partial charge < -0.3 is 5.11 Å². The number of halogens is 2. The lowest BCUT2D eigenvalue weighted by Crippen LogP contribution is -2.48. The van der Waals surface area contributed by atoms with Crippen molar-refractivity contribution in [3.05, 3.63) is 34.6 Å². The van der Waals surface area contributed by atoms with E-state index >= 15 is 0 Å². The number of benzene rings is 1. The summed E-state index contributed by atoms with van der Waals surface area (Å²) in [4.78, 5) is 32.4. The minimum Gasteiger partial charge on any atom is -0.481 e. The zero-order chi connectivity index (χ0) is 16.7. The van der Waals surface area contributed by atoms with Crippen LogP contribution in [0.1, 0.15) is 18.4 Å². The number of ketones is 1. The zero-order valence-corrected chi connectivity index (χ0v) is 13.0. The molecule has 3 rings (SSSR count). The van der Waals surface area contributed by atoms with Crippen molar-refractivity contribution >= 4 is 35.3 Å². The number of rotatable bonds is 2. The van der Waals surface area contributed by atoms with Gasteiger partial charge in [0.2, 0.25) is 0 Å². The van der Waals surface area contributed by atoms with Gasteiger partial charge in [0, 0.05) is 28.4 Å². The van der Waals surface area contributed by atoms with Crippen molar-refractivity contribution in [3.8, 4) is 0 Å². The Labute approximate surface area is 136 Å². The monoisotopic (exact) mass is 336 g/mol. The molecule has 0 radical (unpaired) electrons. The van der Waals surface area contributed by atoms with Gasteiger partial charge in [0.15, 0.2) is 5.78 Å². The maximum Gasteiger partial charge on any atom is 0.312 e. The van der Waals surface area contributed by atoms with Gasteiger partial charge in [-0.3, -0.25) is 19.6 Å². The largest absolute Gasteiger partial charge is 0.481 e. The summed E-state index contributed by atoms with van der Waals surface area (Å²) in [5.74, 6) is -4.78. The third kappa shape index (κ3) is 2.57. The van der Waals surface area contributed by atoms with Crippen LogP contribution in [0.3, 0.4) is 0 Å². The molecule has 0 saturated carbocycles. The van der Waals surface area contributed by atoms with Crippen LogP contribution >= 0.6 is 11.6 Å². The molecule has 2 aliphatic rings. The maximum atomic E-state index is 14.4. The Morgan fingerprint density at radius 1 is 1.39 bits per heavy atom. The van der Waals surface area contributed by atoms with Gasteiger partial charge >= 0.3 is 5.97 Å². The summed E-state index contributed by atoms with van der Waals surface area (Å²) < 4.78 is 14.4. The van der Waals surface area contributed by atoms with Crippen LogP contribution in [0.4, 0.5) is 4.39 Å². The van der Waals surface area contributed by atoms with E-state index < -0.39 is 35.6 Å². The standard InChI is InChI=1S/C16H14ClFN2O3/c1-7-12(16(22)23)15(13-8(17)3-2-4-9(13)18)14-10(20-7)5-19-6-11(14)21/h2-5,10,12,14-15H,6H2,1H3,(H,22,23). The maximum absolute atomic E-state index is 14.4. The number of fused-ring (bicyclic) bond motifs is 1.